The summed E-state index contributed by atoms with van der Waals surface area (Å²) < 4.78 is 0. The van der Waals surface area contributed by atoms with E-state index in [0.29, 0.717) is 11.3 Å². The first-order valence-corrected chi connectivity index (χ1v) is 9.63. The van der Waals surface area contributed by atoms with Crippen molar-refractivity contribution >= 4 is 23.2 Å². The first-order chi connectivity index (χ1) is 14.7. The number of nitriles is 1. The molecule has 3 atom stereocenters. The Morgan fingerprint density at radius 2 is 1.37 bits per heavy atom. The molecule has 30 heavy (non-hydrogen) atoms. The number of hydrogen-bond acceptors (Lipinski definition) is 5. The highest BCUT2D eigenvalue weighted by molar-refractivity contribution is 6.23. The summed E-state index contributed by atoms with van der Waals surface area (Å²) in [6.45, 7) is 0. The van der Waals surface area contributed by atoms with Crippen molar-refractivity contribution in [3.63, 3.8) is 0 Å². The van der Waals surface area contributed by atoms with Crippen LogP contribution in [0.25, 0.3) is 0 Å². The zero-order chi connectivity index (χ0) is 20.7. The molecule has 2 fully saturated rings. The van der Waals surface area contributed by atoms with Crippen LogP contribution < -0.4 is 9.96 Å². The quantitative estimate of drug-likeness (QED) is 0.634. The van der Waals surface area contributed by atoms with E-state index < -0.39 is 18.1 Å². The number of carbonyl (C=O) groups is 2. The SMILES string of the molecule is N#Cc1ccc(C2C3C(=O)N(c4ccccc4)C(=O)C3ON2c2ccccc2)cc1. The molecule has 0 N–H and O–H groups in total. The number of anilines is 2. The molecular weight excluding hydrogens is 378 g/mol. The number of hydrogen-bond donors (Lipinski definition) is 0. The maximum absolute atomic E-state index is 13.4. The van der Waals surface area contributed by atoms with Gasteiger partial charge in [-0.25, -0.2) is 9.96 Å². The number of carbonyl (C=O) groups excluding carboxylic acids is 2. The van der Waals surface area contributed by atoms with E-state index in [1.165, 1.54) is 4.90 Å². The third kappa shape index (κ3) is 2.76. The van der Waals surface area contributed by atoms with E-state index in [2.05, 4.69) is 6.07 Å². The topological polar surface area (TPSA) is 73.6 Å². The average Bonchev–Trinajstić information content (AvgIpc) is 3.31. The fraction of sp³-hybridized carbons (Fsp3) is 0.125. The van der Waals surface area contributed by atoms with E-state index in [4.69, 9.17) is 10.1 Å². The van der Waals surface area contributed by atoms with Crippen molar-refractivity contribution in [2.75, 3.05) is 9.96 Å². The van der Waals surface area contributed by atoms with Crippen molar-refractivity contribution in [3.8, 4) is 6.07 Å². The molecule has 0 bridgehead atoms. The van der Waals surface area contributed by atoms with Gasteiger partial charge in [0.25, 0.3) is 5.91 Å². The van der Waals surface area contributed by atoms with Crippen molar-refractivity contribution in [2.45, 2.75) is 12.1 Å². The van der Waals surface area contributed by atoms with Crippen molar-refractivity contribution < 1.29 is 14.4 Å². The lowest BCUT2D eigenvalue weighted by Crippen LogP contribution is -2.37. The number of hydroxylamine groups is 1. The first-order valence-electron chi connectivity index (χ1n) is 9.63. The van der Waals surface area contributed by atoms with Gasteiger partial charge in [0.05, 0.1) is 29.0 Å². The molecule has 2 saturated heterocycles. The molecular formula is C24H17N3O3. The fourth-order valence-corrected chi connectivity index (χ4v) is 4.14. The highest BCUT2D eigenvalue weighted by Gasteiger charge is 2.60. The second kappa shape index (κ2) is 7.14. The number of nitrogens with zero attached hydrogens (tertiary/aromatic N) is 3. The van der Waals surface area contributed by atoms with Crippen LogP contribution >= 0.6 is 0 Å². The zero-order valence-electron chi connectivity index (χ0n) is 15.9. The molecule has 0 radical (unpaired) electrons. The van der Waals surface area contributed by atoms with Gasteiger partial charge in [-0.2, -0.15) is 5.26 Å². The van der Waals surface area contributed by atoms with Crippen LogP contribution in [0.5, 0.6) is 0 Å². The van der Waals surface area contributed by atoms with Gasteiger partial charge in [-0.3, -0.25) is 14.4 Å². The van der Waals surface area contributed by atoms with Crippen molar-refractivity contribution in [3.05, 3.63) is 96.1 Å². The van der Waals surface area contributed by atoms with E-state index in [1.54, 1.807) is 41.5 Å². The van der Waals surface area contributed by atoms with Gasteiger partial charge in [0.15, 0.2) is 6.10 Å². The van der Waals surface area contributed by atoms with E-state index in [9.17, 15) is 9.59 Å². The summed E-state index contributed by atoms with van der Waals surface area (Å²) in [5.74, 6) is -1.34. The predicted molar refractivity (Wildman–Crippen MR) is 110 cm³/mol. The number of imide groups is 1. The highest BCUT2D eigenvalue weighted by Crippen LogP contribution is 2.47. The van der Waals surface area contributed by atoms with Crippen LogP contribution in [0.3, 0.4) is 0 Å². The summed E-state index contributed by atoms with van der Waals surface area (Å²) in [5, 5.41) is 10.8. The normalized spacial score (nSPS) is 22.8. The smallest absolute Gasteiger partial charge is 0.266 e. The van der Waals surface area contributed by atoms with E-state index in [0.717, 1.165) is 11.3 Å². The van der Waals surface area contributed by atoms with Crippen LogP contribution in [0.15, 0.2) is 84.9 Å². The Bertz CT molecular complexity index is 1140. The molecule has 3 unspecified atom stereocenters. The maximum Gasteiger partial charge on any atom is 0.266 e. The second-order valence-electron chi connectivity index (χ2n) is 7.24. The molecule has 0 saturated carbocycles. The Hall–Kier alpha value is -3.95. The minimum Gasteiger partial charge on any atom is -0.273 e. The number of benzene rings is 3. The lowest BCUT2D eigenvalue weighted by molar-refractivity contribution is -0.126. The molecule has 6 heteroatoms. The molecule has 6 nitrogen and oxygen atoms in total. The molecule has 5 rings (SSSR count). The monoisotopic (exact) mass is 395 g/mol. The summed E-state index contributed by atoms with van der Waals surface area (Å²) in [6, 6.07) is 27.0. The number of para-hydroxylation sites is 2. The fourth-order valence-electron chi connectivity index (χ4n) is 4.14. The van der Waals surface area contributed by atoms with Gasteiger partial charge in [0.2, 0.25) is 5.91 Å². The summed E-state index contributed by atoms with van der Waals surface area (Å²) >= 11 is 0. The molecule has 0 aliphatic carbocycles. The lowest BCUT2D eigenvalue weighted by atomic mass is 9.90. The molecule has 2 amide bonds. The molecule has 146 valence electrons. The Balaban J connectivity index is 1.59. The Kier molecular flexibility index (Phi) is 4.31. The summed E-state index contributed by atoms with van der Waals surface area (Å²) in [5.41, 5.74) is 2.63. The van der Waals surface area contributed by atoms with Gasteiger partial charge in [-0.05, 0) is 42.0 Å². The van der Waals surface area contributed by atoms with Crippen LogP contribution in [0.2, 0.25) is 0 Å². The van der Waals surface area contributed by atoms with Gasteiger partial charge < -0.3 is 0 Å². The lowest BCUT2D eigenvalue weighted by Gasteiger charge is -2.28. The summed E-state index contributed by atoms with van der Waals surface area (Å²) in [7, 11) is 0. The molecule has 2 aliphatic rings. The van der Waals surface area contributed by atoms with E-state index in [-0.39, 0.29) is 11.8 Å². The van der Waals surface area contributed by atoms with Gasteiger partial charge in [0.1, 0.15) is 5.92 Å². The van der Waals surface area contributed by atoms with Crippen molar-refractivity contribution in [1.82, 2.24) is 0 Å². The molecule has 3 aromatic rings. The Labute approximate surface area is 173 Å². The second-order valence-corrected chi connectivity index (χ2v) is 7.24. The number of amides is 2. The number of rotatable bonds is 3. The van der Waals surface area contributed by atoms with Gasteiger partial charge >= 0.3 is 0 Å². The maximum atomic E-state index is 13.4. The molecule has 0 aromatic heterocycles. The Morgan fingerprint density at radius 1 is 0.767 bits per heavy atom. The van der Waals surface area contributed by atoms with Crippen LogP contribution in [-0.2, 0) is 14.4 Å². The summed E-state index contributed by atoms with van der Waals surface area (Å²) in [4.78, 5) is 33.9. The first kappa shape index (κ1) is 18.1. The molecule has 0 spiro atoms. The number of fused-ring (bicyclic) bond motifs is 1. The van der Waals surface area contributed by atoms with Crippen molar-refractivity contribution in [2.24, 2.45) is 5.92 Å². The van der Waals surface area contributed by atoms with Crippen LogP contribution in [0, 0.1) is 17.2 Å². The van der Waals surface area contributed by atoms with E-state index >= 15 is 0 Å². The predicted octanol–water partition coefficient (Wildman–Crippen LogP) is 3.61. The van der Waals surface area contributed by atoms with Gasteiger partial charge in [-0.1, -0.05) is 48.5 Å². The van der Waals surface area contributed by atoms with Crippen LogP contribution in [-0.4, -0.2) is 17.9 Å². The standard InChI is InChI=1S/C24H17N3O3/c25-15-16-11-13-17(14-12-16)21-20-22(30-27(21)19-9-5-2-6-10-19)24(29)26(23(20)28)18-7-3-1-4-8-18/h1-14,20-22H. The van der Waals surface area contributed by atoms with E-state index in [1.807, 2.05) is 48.5 Å². The largest absolute Gasteiger partial charge is 0.273 e. The summed E-state index contributed by atoms with van der Waals surface area (Å²) in [6.07, 6.45) is -0.904. The van der Waals surface area contributed by atoms with Crippen molar-refractivity contribution in [1.29, 1.82) is 5.26 Å². The van der Waals surface area contributed by atoms with Gasteiger partial charge in [0, 0.05) is 0 Å². The Morgan fingerprint density at radius 3 is 1.97 bits per heavy atom. The average molecular weight is 395 g/mol. The van der Waals surface area contributed by atoms with Crippen LogP contribution in [0.4, 0.5) is 11.4 Å². The molecule has 3 aromatic carbocycles. The molecule has 2 heterocycles. The minimum absolute atomic E-state index is 0.288. The minimum atomic E-state index is -0.904. The molecule has 2 aliphatic heterocycles. The highest BCUT2D eigenvalue weighted by atomic mass is 16.7. The van der Waals surface area contributed by atoms with Crippen LogP contribution in [0.1, 0.15) is 17.2 Å². The third-order valence-corrected chi connectivity index (χ3v) is 5.52. The van der Waals surface area contributed by atoms with Gasteiger partial charge in [-0.15, -0.1) is 0 Å². The third-order valence-electron chi connectivity index (χ3n) is 5.52. The zero-order valence-corrected chi connectivity index (χ0v) is 15.9.